The maximum Gasteiger partial charge on any atom is 0.330 e. The molecule has 0 unspecified atom stereocenters. The van der Waals surface area contributed by atoms with Crippen LogP contribution in [-0.2, 0) is 9.59 Å². The zero-order valence-electron chi connectivity index (χ0n) is 17.1. The van der Waals surface area contributed by atoms with Gasteiger partial charge in [-0.2, -0.15) is 0 Å². The zero-order chi connectivity index (χ0) is 21.3. The van der Waals surface area contributed by atoms with E-state index < -0.39 is 5.97 Å². The molecule has 0 heterocycles. The molecule has 1 aromatic carbocycles. The van der Waals surface area contributed by atoms with Crippen molar-refractivity contribution in [3.05, 3.63) is 73.4 Å². The van der Waals surface area contributed by atoms with E-state index in [0.29, 0.717) is 4.91 Å². The molecule has 1 amide bonds. The van der Waals surface area contributed by atoms with Crippen molar-refractivity contribution in [1.82, 2.24) is 5.32 Å². The number of aryl methyl sites for hydroxylation is 2. The maximum absolute atomic E-state index is 12.6. The lowest BCUT2D eigenvalue weighted by Gasteiger charge is -2.11. The number of hydrogen-bond donors (Lipinski definition) is 2. The molecule has 0 radical (unpaired) electrons. The highest BCUT2D eigenvalue weighted by Gasteiger charge is 2.13. The second kappa shape index (κ2) is 11.6. The maximum atomic E-state index is 12.6. The average Bonchev–Trinajstić information content (AvgIpc) is 2.61. The van der Waals surface area contributed by atoms with Gasteiger partial charge in [0.05, 0.1) is 16.0 Å². The molecule has 6 heteroatoms. The summed E-state index contributed by atoms with van der Waals surface area (Å²) in [6, 6.07) is 6.18. The standard InChI is InChI=1S/C22H27NO3S2/c1-7-10-27-21(14(2)3)22(26)23-19(12-20(24)25)28-13-17(6)18-9-8-15(4)16(5)11-18/h7-13H,1-6H3,(H,23,26)(H,24,25)/b10-7-,17-13+,19-12+. The zero-order valence-corrected chi connectivity index (χ0v) is 18.8. The third-order valence-electron chi connectivity index (χ3n) is 3.80. The molecule has 0 bridgehead atoms. The summed E-state index contributed by atoms with van der Waals surface area (Å²) in [6.07, 6.45) is 2.86. The normalized spacial score (nSPS) is 12.2. The summed E-state index contributed by atoms with van der Waals surface area (Å²) in [5.74, 6) is -1.43. The minimum atomic E-state index is -1.11. The van der Waals surface area contributed by atoms with Crippen molar-refractivity contribution in [2.45, 2.75) is 41.5 Å². The highest BCUT2D eigenvalue weighted by molar-refractivity contribution is 8.07. The number of thioether (sulfide) groups is 2. The van der Waals surface area contributed by atoms with Gasteiger partial charge in [0.2, 0.25) is 0 Å². The van der Waals surface area contributed by atoms with Gasteiger partial charge in [0.25, 0.3) is 5.91 Å². The van der Waals surface area contributed by atoms with Gasteiger partial charge in [0.1, 0.15) is 0 Å². The number of amides is 1. The molecule has 0 atom stereocenters. The monoisotopic (exact) mass is 417 g/mol. The van der Waals surface area contributed by atoms with Gasteiger partial charge in [0, 0.05) is 0 Å². The van der Waals surface area contributed by atoms with E-state index in [9.17, 15) is 9.59 Å². The molecule has 0 aromatic heterocycles. The number of carbonyl (C=O) groups is 2. The fourth-order valence-electron chi connectivity index (χ4n) is 2.12. The summed E-state index contributed by atoms with van der Waals surface area (Å²) in [5, 5.41) is 15.8. The van der Waals surface area contributed by atoms with Gasteiger partial charge in [-0.05, 0) is 74.6 Å². The highest BCUT2D eigenvalue weighted by atomic mass is 32.2. The van der Waals surface area contributed by atoms with Crippen LogP contribution < -0.4 is 5.32 Å². The lowest BCUT2D eigenvalue weighted by atomic mass is 10.0. The number of carboxylic acid groups (broad SMARTS) is 1. The van der Waals surface area contributed by atoms with Crippen molar-refractivity contribution in [2.75, 3.05) is 0 Å². The SMILES string of the molecule is C/C=C\SC(C(=O)N/C(=C\C(=O)O)S/C=C(\C)c1ccc(C)c(C)c1)=C(C)C. The summed E-state index contributed by atoms with van der Waals surface area (Å²) in [5.41, 5.74) is 5.33. The largest absolute Gasteiger partial charge is 0.478 e. The lowest BCUT2D eigenvalue weighted by Crippen LogP contribution is -2.23. The number of hydrogen-bond acceptors (Lipinski definition) is 4. The van der Waals surface area contributed by atoms with Crippen LogP contribution in [0.1, 0.15) is 44.4 Å². The molecule has 1 rings (SSSR count). The Labute approximate surface area is 175 Å². The first-order chi connectivity index (χ1) is 13.1. The van der Waals surface area contributed by atoms with Crippen LogP contribution in [-0.4, -0.2) is 17.0 Å². The number of allylic oxidation sites excluding steroid dienone is 3. The summed E-state index contributed by atoms with van der Waals surface area (Å²) in [6.45, 7) is 11.6. The van der Waals surface area contributed by atoms with Crippen LogP contribution in [0.5, 0.6) is 0 Å². The van der Waals surface area contributed by atoms with Crippen molar-refractivity contribution in [1.29, 1.82) is 0 Å². The first kappa shape index (κ1) is 23.9. The number of nitrogens with one attached hydrogen (secondary N) is 1. The second-order valence-electron chi connectivity index (χ2n) is 6.44. The van der Waals surface area contributed by atoms with Crippen LogP contribution in [0.3, 0.4) is 0 Å². The molecular weight excluding hydrogens is 390 g/mol. The van der Waals surface area contributed by atoms with E-state index in [1.54, 1.807) is 0 Å². The Morgan fingerprint density at radius 1 is 1.07 bits per heavy atom. The summed E-state index contributed by atoms with van der Waals surface area (Å²) in [7, 11) is 0. The molecular formula is C22H27NO3S2. The van der Waals surface area contributed by atoms with Crippen LogP contribution in [0.2, 0.25) is 0 Å². The van der Waals surface area contributed by atoms with E-state index >= 15 is 0 Å². The summed E-state index contributed by atoms with van der Waals surface area (Å²) in [4.78, 5) is 24.3. The first-order valence-electron chi connectivity index (χ1n) is 8.78. The molecule has 0 spiro atoms. The van der Waals surface area contributed by atoms with Crippen LogP contribution in [0.4, 0.5) is 0 Å². The summed E-state index contributed by atoms with van der Waals surface area (Å²) >= 11 is 2.49. The number of benzene rings is 1. The number of carboxylic acids is 1. The van der Waals surface area contributed by atoms with Crippen molar-refractivity contribution >= 4 is 41.0 Å². The smallest absolute Gasteiger partial charge is 0.330 e. The molecule has 150 valence electrons. The van der Waals surface area contributed by atoms with E-state index in [4.69, 9.17) is 5.11 Å². The predicted molar refractivity (Wildman–Crippen MR) is 122 cm³/mol. The minimum Gasteiger partial charge on any atom is -0.478 e. The van der Waals surface area contributed by atoms with Crippen LogP contribution in [0, 0.1) is 13.8 Å². The number of aliphatic carboxylic acids is 1. The van der Waals surface area contributed by atoms with Gasteiger partial charge >= 0.3 is 5.97 Å². The van der Waals surface area contributed by atoms with Gasteiger partial charge in [0.15, 0.2) is 0 Å². The van der Waals surface area contributed by atoms with Crippen molar-refractivity contribution < 1.29 is 14.7 Å². The van der Waals surface area contributed by atoms with E-state index in [1.165, 1.54) is 34.7 Å². The molecule has 0 aliphatic heterocycles. The van der Waals surface area contributed by atoms with E-state index in [0.717, 1.165) is 22.8 Å². The average molecular weight is 418 g/mol. The first-order valence-corrected chi connectivity index (χ1v) is 10.5. The molecule has 0 aliphatic carbocycles. The Bertz CT molecular complexity index is 861. The Hall–Kier alpha value is -2.18. The molecule has 2 N–H and O–H groups in total. The fourth-order valence-corrected chi connectivity index (χ4v) is 3.55. The van der Waals surface area contributed by atoms with Crippen LogP contribution in [0.25, 0.3) is 5.57 Å². The number of rotatable bonds is 8. The quantitative estimate of drug-likeness (QED) is 0.508. The third-order valence-corrected chi connectivity index (χ3v) is 5.98. The molecule has 28 heavy (non-hydrogen) atoms. The third kappa shape index (κ3) is 7.82. The fraction of sp³-hybridized carbons (Fsp3) is 0.273. The Morgan fingerprint density at radius 2 is 1.75 bits per heavy atom. The minimum absolute atomic E-state index is 0.264. The Kier molecular flexibility index (Phi) is 9.90. The van der Waals surface area contributed by atoms with Gasteiger partial charge in [-0.25, -0.2) is 4.79 Å². The molecule has 0 saturated heterocycles. The molecule has 1 aromatic rings. The van der Waals surface area contributed by atoms with Crippen molar-refractivity contribution in [3.8, 4) is 0 Å². The molecule has 4 nitrogen and oxygen atoms in total. The predicted octanol–water partition coefficient (Wildman–Crippen LogP) is 6.00. The van der Waals surface area contributed by atoms with Crippen molar-refractivity contribution in [2.24, 2.45) is 0 Å². The van der Waals surface area contributed by atoms with E-state index in [1.807, 2.05) is 50.7 Å². The number of carbonyl (C=O) groups excluding carboxylic acids is 1. The van der Waals surface area contributed by atoms with Gasteiger partial charge in [-0.3, -0.25) is 4.79 Å². The van der Waals surface area contributed by atoms with Gasteiger partial charge < -0.3 is 10.4 Å². The second-order valence-corrected chi connectivity index (χ2v) is 8.26. The van der Waals surface area contributed by atoms with Gasteiger partial charge in [-0.1, -0.05) is 53.4 Å². The van der Waals surface area contributed by atoms with E-state index in [-0.39, 0.29) is 10.9 Å². The lowest BCUT2D eigenvalue weighted by molar-refractivity contribution is -0.131. The molecule has 0 fully saturated rings. The topological polar surface area (TPSA) is 66.4 Å². The van der Waals surface area contributed by atoms with Gasteiger partial charge in [-0.15, -0.1) is 0 Å². The molecule has 0 saturated carbocycles. The molecule has 0 aliphatic rings. The Morgan fingerprint density at radius 3 is 2.29 bits per heavy atom. The Balaban J connectivity index is 3.03. The van der Waals surface area contributed by atoms with Crippen molar-refractivity contribution in [3.63, 3.8) is 0 Å². The van der Waals surface area contributed by atoms with Crippen LogP contribution >= 0.6 is 23.5 Å². The summed E-state index contributed by atoms with van der Waals surface area (Å²) < 4.78 is 0. The van der Waals surface area contributed by atoms with E-state index in [2.05, 4.69) is 31.3 Å². The van der Waals surface area contributed by atoms with Crippen LogP contribution in [0.15, 0.2) is 56.7 Å². The highest BCUT2D eigenvalue weighted by Crippen LogP contribution is 2.26.